The van der Waals surface area contributed by atoms with Crippen molar-refractivity contribution in [2.75, 3.05) is 0 Å². The lowest BCUT2D eigenvalue weighted by molar-refractivity contribution is -0.104. The number of benzene rings is 3. The van der Waals surface area contributed by atoms with Crippen LogP contribution in [-0.4, -0.2) is 11.3 Å². The summed E-state index contributed by atoms with van der Waals surface area (Å²) in [6, 6.07) is 21.8. The summed E-state index contributed by atoms with van der Waals surface area (Å²) in [4.78, 5) is 15.0. The molecule has 0 fully saturated rings. The highest BCUT2D eigenvalue weighted by Gasteiger charge is 2.12. The number of aryl methyl sites for hydroxylation is 1. The number of rotatable bonds is 6. The maximum absolute atomic E-state index is 10.5. The first-order chi connectivity index (χ1) is 13.7. The van der Waals surface area contributed by atoms with E-state index >= 15 is 0 Å². The van der Waals surface area contributed by atoms with Crippen LogP contribution in [0.25, 0.3) is 28.3 Å². The Morgan fingerprint density at radius 3 is 2.61 bits per heavy atom. The second kappa shape index (κ2) is 7.92. The zero-order valence-corrected chi connectivity index (χ0v) is 15.5. The van der Waals surface area contributed by atoms with Crippen molar-refractivity contribution >= 4 is 23.1 Å². The van der Waals surface area contributed by atoms with Crippen LogP contribution in [0.4, 0.5) is 0 Å². The minimum Gasteiger partial charge on any atom is -0.487 e. The van der Waals surface area contributed by atoms with Gasteiger partial charge in [-0.25, -0.2) is 4.98 Å². The van der Waals surface area contributed by atoms with Gasteiger partial charge in [-0.2, -0.15) is 0 Å². The van der Waals surface area contributed by atoms with Crippen LogP contribution in [0.3, 0.4) is 0 Å². The number of hydrogen-bond donors (Lipinski definition) is 0. The van der Waals surface area contributed by atoms with Gasteiger partial charge in [0, 0.05) is 5.56 Å². The van der Waals surface area contributed by atoms with E-state index in [-0.39, 0.29) is 0 Å². The van der Waals surface area contributed by atoms with Crippen molar-refractivity contribution in [2.45, 2.75) is 13.5 Å². The molecule has 3 aromatic carbocycles. The van der Waals surface area contributed by atoms with Gasteiger partial charge in [0.05, 0.1) is 0 Å². The van der Waals surface area contributed by atoms with Gasteiger partial charge in [0.15, 0.2) is 0 Å². The third kappa shape index (κ3) is 3.86. The largest absolute Gasteiger partial charge is 0.487 e. The molecular formula is C24H19NO3. The van der Waals surface area contributed by atoms with Crippen molar-refractivity contribution in [1.82, 2.24) is 4.98 Å². The molecule has 4 heteroatoms. The highest BCUT2D eigenvalue weighted by Crippen LogP contribution is 2.25. The van der Waals surface area contributed by atoms with E-state index in [4.69, 9.17) is 9.15 Å². The number of nitrogens with zero attached hydrogens (tertiary/aromatic N) is 1. The minimum atomic E-state index is 0.341. The molecule has 0 N–H and O–H groups in total. The van der Waals surface area contributed by atoms with Crippen LogP contribution >= 0.6 is 0 Å². The number of allylic oxidation sites excluding steroid dienone is 1. The summed E-state index contributed by atoms with van der Waals surface area (Å²) in [6.07, 6.45) is 4.05. The van der Waals surface area contributed by atoms with Gasteiger partial charge in [-0.1, -0.05) is 42.5 Å². The predicted octanol–water partition coefficient (Wildman–Crippen LogP) is 5.59. The molecule has 0 unspecified atom stereocenters. The Morgan fingerprint density at radius 2 is 1.79 bits per heavy atom. The molecule has 0 spiro atoms. The first-order valence-electron chi connectivity index (χ1n) is 9.03. The average molecular weight is 369 g/mol. The molecule has 138 valence electrons. The van der Waals surface area contributed by atoms with Crippen molar-refractivity contribution in [1.29, 1.82) is 0 Å². The molecule has 28 heavy (non-hydrogen) atoms. The Kier molecular flexibility index (Phi) is 5.02. The smallest absolute Gasteiger partial charge is 0.226 e. The molecule has 0 aliphatic rings. The lowest BCUT2D eigenvalue weighted by Crippen LogP contribution is -1.97. The highest BCUT2D eigenvalue weighted by atomic mass is 16.5. The molecule has 0 saturated heterocycles. The zero-order chi connectivity index (χ0) is 19.3. The molecule has 1 heterocycles. The number of aromatic nitrogens is 1. The van der Waals surface area contributed by atoms with E-state index in [1.54, 1.807) is 6.08 Å². The van der Waals surface area contributed by atoms with Crippen LogP contribution in [0.5, 0.6) is 5.75 Å². The van der Waals surface area contributed by atoms with Crippen LogP contribution < -0.4 is 4.74 Å². The summed E-state index contributed by atoms with van der Waals surface area (Å²) >= 11 is 0. The van der Waals surface area contributed by atoms with Crippen molar-refractivity contribution in [2.24, 2.45) is 0 Å². The standard InChI is InChI=1S/C24H19NO3/c1-17-23(25-24(28-17)19-7-3-2-4-8-19)16-27-22-12-11-20-14-18(6-5-13-26)9-10-21(20)15-22/h2-15H,16H2,1H3. The Labute approximate surface area is 163 Å². The van der Waals surface area contributed by atoms with E-state index in [1.807, 2.05) is 73.7 Å². The van der Waals surface area contributed by atoms with Crippen molar-refractivity contribution in [3.8, 4) is 17.2 Å². The Hall–Kier alpha value is -3.66. The summed E-state index contributed by atoms with van der Waals surface area (Å²) < 4.78 is 11.7. The van der Waals surface area contributed by atoms with E-state index in [2.05, 4.69) is 4.98 Å². The molecule has 4 aromatic rings. The van der Waals surface area contributed by atoms with Gasteiger partial charge in [0.2, 0.25) is 5.89 Å². The number of carbonyl (C=O) groups is 1. The fourth-order valence-corrected chi connectivity index (χ4v) is 3.00. The molecule has 0 saturated carbocycles. The minimum absolute atomic E-state index is 0.341. The Morgan fingerprint density at radius 1 is 1.00 bits per heavy atom. The van der Waals surface area contributed by atoms with Gasteiger partial charge in [-0.05, 0) is 59.7 Å². The van der Waals surface area contributed by atoms with Gasteiger partial charge in [-0.15, -0.1) is 0 Å². The van der Waals surface area contributed by atoms with Crippen LogP contribution in [0.15, 0.2) is 77.2 Å². The van der Waals surface area contributed by atoms with Crippen molar-refractivity contribution in [3.05, 3.63) is 89.8 Å². The van der Waals surface area contributed by atoms with E-state index in [0.29, 0.717) is 12.5 Å². The fraction of sp³-hybridized carbons (Fsp3) is 0.0833. The first kappa shape index (κ1) is 17.7. The number of aldehydes is 1. The second-order valence-electron chi connectivity index (χ2n) is 6.44. The number of hydrogen-bond acceptors (Lipinski definition) is 4. The summed E-state index contributed by atoms with van der Waals surface area (Å²) in [5.41, 5.74) is 2.72. The van der Waals surface area contributed by atoms with E-state index in [1.165, 1.54) is 6.08 Å². The van der Waals surface area contributed by atoms with Crippen LogP contribution in [0, 0.1) is 6.92 Å². The maximum atomic E-state index is 10.5. The maximum Gasteiger partial charge on any atom is 0.226 e. The molecule has 0 amide bonds. The van der Waals surface area contributed by atoms with Crippen LogP contribution in [0.2, 0.25) is 0 Å². The lowest BCUT2D eigenvalue weighted by Gasteiger charge is -2.07. The normalized spacial score (nSPS) is 11.2. The molecule has 0 aliphatic carbocycles. The molecular weight excluding hydrogens is 350 g/mol. The molecule has 0 radical (unpaired) electrons. The lowest BCUT2D eigenvalue weighted by atomic mass is 10.1. The average Bonchev–Trinajstić information content (AvgIpc) is 3.11. The number of ether oxygens (including phenoxy) is 1. The zero-order valence-electron chi connectivity index (χ0n) is 15.5. The number of oxazole rings is 1. The summed E-state index contributed by atoms with van der Waals surface area (Å²) in [6.45, 7) is 2.24. The van der Waals surface area contributed by atoms with Gasteiger partial charge < -0.3 is 9.15 Å². The molecule has 0 aliphatic heterocycles. The van der Waals surface area contributed by atoms with Gasteiger partial charge >= 0.3 is 0 Å². The Bertz CT molecular complexity index is 1140. The fourth-order valence-electron chi connectivity index (χ4n) is 3.00. The van der Waals surface area contributed by atoms with Gasteiger partial charge in [0.25, 0.3) is 0 Å². The predicted molar refractivity (Wildman–Crippen MR) is 110 cm³/mol. The third-order valence-electron chi connectivity index (χ3n) is 4.49. The first-order valence-corrected chi connectivity index (χ1v) is 9.03. The quantitative estimate of drug-likeness (QED) is 0.328. The van der Waals surface area contributed by atoms with Crippen molar-refractivity contribution < 1.29 is 13.9 Å². The van der Waals surface area contributed by atoms with Gasteiger partial charge in [0.1, 0.15) is 30.1 Å². The highest BCUT2D eigenvalue weighted by molar-refractivity contribution is 5.87. The number of carbonyl (C=O) groups excluding carboxylic acids is 1. The summed E-state index contributed by atoms with van der Waals surface area (Å²) in [7, 11) is 0. The Balaban J connectivity index is 1.50. The van der Waals surface area contributed by atoms with Crippen LogP contribution in [-0.2, 0) is 11.4 Å². The number of fused-ring (bicyclic) bond motifs is 1. The van der Waals surface area contributed by atoms with E-state index < -0.39 is 0 Å². The van der Waals surface area contributed by atoms with E-state index in [0.717, 1.165) is 45.4 Å². The van der Waals surface area contributed by atoms with Crippen LogP contribution in [0.1, 0.15) is 17.0 Å². The molecule has 4 nitrogen and oxygen atoms in total. The van der Waals surface area contributed by atoms with Gasteiger partial charge in [-0.3, -0.25) is 4.79 Å². The SMILES string of the molecule is Cc1oc(-c2ccccc2)nc1COc1ccc2cc(C=CC=O)ccc2c1. The summed E-state index contributed by atoms with van der Waals surface area (Å²) in [5, 5.41) is 2.16. The molecule has 0 bridgehead atoms. The third-order valence-corrected chi connectivity index (χ3v) is 4.49. The molecule has 1 aromatic heterocycles. The molecule has 0 atom stereocenters. The van der Waals surface area contributed by atoms with Crippen molar-refractivity contribution in [3.63, 3.8) is 0 Å². The summed E-state index contributed by atoms with van der Waals surface area (Å²) in [5.74, 6) is 2.13. The molecule has 4 rings (SSSR count). The monoisotopic (exact) mass is 369 g/mol. The topological polar surface area (TPSA) is 52.3 Å². The second-order valence-corrected chi connectivity index (χ2v) is 6.44. The van der Waals surface area contributed by atoms with E-state index in [9.17, 15) is 4.79 Å².